The lowest BCUT2D eigenvalue weighted by Gasteiger charge is -2.16. The highest BCUT2D eigenvalue weighted by atomic mass is 16.5. The molecule has 0 aliphatic carbocycles. The fourth-order valence-corrected chi connectivity index (χ4v) is 1.47. The number of rotatable bonds is 5. The van der Waals surface area contributed by atoms with E-state index in [0.29, 0.717) is 17.1 Å². The molecule has 0 saturated heterocycles. The summed E-state index contributed by atoms with van der Waals surface area (Å²) in [6, 6.07) is 1.53. The first-order valence-corrected chi connectivity index (χ1v) is 4.71. The van der Waals surface area contributed by atoms with Crippen molar-refractivity contribution in [1.29, 1.82) is 0 Å². The first-order valence-electron chi connectivity index (χ1n) is 4.71. The lowest BCUT2D eigenvalue weighted by Crippen LogP contribution is -1.98. The van der Waals surface area contributed by atoms with Gasteiger partial charge in [-0.25, -0.2) is 0 Å². The monoisotopic (exact) mass is 239 g/mol. The van der Waals surface area contributed by atoms with Gasteiger partial charge in [0.2, 0.25) is 5.75 Å². The third-order valence-corrected chi connectivity index (χ3v) is 2.20. The highest BCUT2D eigenvalue weighted by molar-refractivity contribution is 5.69. The molecule has 0 aromatic heterocycles. The molecule has 1 rings (SSSR count). The molecular weight excluding hydrogens is 226 g/mol. The zero-order valence-electron chi connectivity index (χ0n) is 9.80. The van der Waals surface area contributed by atoms with Crippen LogP contribution in [0.15, 0.2) is 11.2 Å². The van der Waals surface area contributed by atoms with Crippen LogP contribution in [0.2, 0.25) is 0 Å². The van der Waals surface area contributed by atoms with Gasteiger partial charge in [-0.15, -0.1) is 0 Å². The number of methoxy groups -OCH3 is 3. The molecule has 0 fully saturated rings. The fourth-order valence-electron chi connectivity index (χ4n) is 1.47. The van der Waals surface area contributed by atoms with Crippen LogP contribution in [0.3, 0.4) is 0 Å². The van der Waals surface area contributed by atoms with E-state index in [2.05, 4.69) is 10.0 Å². The van der Waals surface area contributed by atoms with Crippen molar-refractivity contribution in [2.75, 3.05) is 21.3 Å². The maximum Gasteiger partial charge on any atom is 0.203 e. The second-order valence-corrected chi connectivity index (χ2v) is 3.00. The predicted octanol–water partition coefficient (Wildman–Crippen LogP) is 2.15. The molecule has 7 heteroatoms. The molecule has 0 heterocycles. The van der Waals surface area contributed by atoms with Gasteiger partial charge in [-0.3, -0.25) is 0 Å². The minimum Gasteiger partial charge on any atom is -0.493 e. The number of benzene rings is 1. The van der Waals surface area contributed by atoms with E-state index < -0.39 is 0 Å². The summed E-state index contributed by atoms with van der Waals surface area (Å²) in [5.74, 6) is 0.939. The minimum absolute atomic E-state index is 0.190. The molecule has 17 heavy (non-hydrogen) atoms. The quantitative estimate of drug-likeness (QED) is 0.483. The number of azide groups is 1. The molecule has 0 unspecified atom stereocenters. The average Bonchev–Trinajstić information content (AvgIpc) is 2.37. The van der Waals surface area contributed by atoms with Crippen LogP contribution in [-0.2, 0) is 6.61 Å². The highest BCUT2D eigenvalue weighted by Gasteiger charge is 2.19. The van der Waals surface area contributed by atoms with Gasteiger partial charge in [0.1, 0.15) is 0 Å². The Morgan fingerprint density at radius 1 is 1.24 bits per heavy atom. The number of nitrogens with zero attached hydrogens (tertiary/aromatic N) is 3. The summed E-state index contributed by atoms with van der Waals surface area (Å²) < 4.78 is 15.4. The molecule has 0 bridgehead atoms. The third-order valence-electron chi connectivity index (χ3n) is 2.20. The molecule has 0 aliphatic rings. The third kappa shape index (κ3) is 2.35. The molecule has 0 radical (unpaired) electrons. The maximum atomic E-state index is 9.21. The Morgan fingerprint density at radius 2 is 1.88 bits per heavy atom. The summed E-state index contributed by atoms with van der Waals surface area (Å²) in [4.78, 5) is 2.69. The highest BCUT2D eigenvalue weighted by Crippen LogP contribution is 2.46. The van der Waals surface area contributed by atoms with Crippen molar-refractivity contribution in [3.63, 3.8) is 0 Å². The van der Waals surface area contributed by atoms with E-state index in [1.807, 2.05) is 0 Å². The van der Waals surface area contributed by atoms with E-state index in [1.165, 1.54) is 27.4 Å². The van der Waals surface area contributed by atoms with Crippen LogP contribution < -0.4 is 14.2 Å². The smallest absolute Gasteiger partial charge is 0.203 e. The maximum absolute atomic E-state index is 9.21. The number of ether oxygens (including phenoxy) is 3. The molecule has 0 saturated carbocycles. The molecule has 0 atom stereocenters. The van der Waals surface area contributed by atoms with Crippen LogP contribution >= 0.6 is 0 Å². The standard InChI is InChI=1S/C10H13N3O4/c1-15-7-4-6(5-14)8(12-13-11)10(17-3)9(7)16-2/h4,14H,5H2,1-3H3. The molecule has 0 spiro atoms. The van der Waals surface area contributed by atoms with Crippen molar-refractivity contribution < 1.29 is 19.3 Å². The molecule has 1 aromatic carbocycles. The lowest BCUT2D eigenvalue weighted by molar-refractivity contribution is 0.278. The Kier molecular flexibility index (Phi) is 4.45. The van der Waals surface area contributed by atoms with Gasteiger partial charge >= 0.3 is 0 Å². The Labute approximate surface area is 98.2 Å². The van der Waals surface area contributed by atoms with Crippen molar-refractivity contribution >= 4 is 5.69 Å². The Bertz CT molecular complexity index is 455. The molecule has 7 nitrogen and oxygen atoms in total. The average molecular weight is 239 g/mol. The van der Waals surface area contributed by atoms with Crippen LogP contribution in [0.25, 0.3) is 10.4 Å². The van der Waals surface area contributed by atoms with Gasteiger partial charge in [0, 0.05) is 4.91 Å². The zero-order valence-corrected chi connectivity index (χ0v) is 9.80. The van der Waals surface area contributed by atoms with E-state index in [-0.39, 0.29) is 18.0 Å². The molecular formula is C10H13N3O4. The van der Waals surface area contributed by atoms with Crippen LogP contribution in [0.4, 0.5) is 5.69 Å². The van der Waals surface area contributed by atoms with E-state index in [9.17, 15) is 5.11 Å². The van der Waals surface area contributed by atoms with Crippen molar-refractivity contribution in [3.05, 3.63) is 22.1 Å². The van der Waals surface area contributed by atoms with Crippen LogP contribution in [0.5, 0.6) is 17.2 Å². The number of hydrogen-bond donors (Lipinski definition) is 1. The van der Waals surface area contributed by atoms with Gasteiger partial charge in [0.15, 0.2) is 11.5 Å². The van der Waals surface area contributed by atoms with E-state index in [4.69, 9.17) is 19.7 Å². The largest absolute Gasteiger partial charge is 0.493 e. The molecule has 0 amide bonds. The van der Waals surface area contributed by atoms with E-state index in [0.717, 1.165) is 0 Å². The van der Waals surface area contributed by atoms with Crippen molar-refractivity contribution in [3.8, 4) is 17.2 Å². The summed E-state index contributed by atoms with van der Waals surface area (Å²) in [5, 5.41) is 12.7. The number of aliphatic hydroxyl groups excluding tert-OH is 1. The first-order chi connectivity index (χ1) is 8.23. The van der Waals surface area contributed by atoms with Gasteiger partial charge in [0.05, 0.1) is 33.6 Å². The number of aliphatic hydroxyl groups is 1. The van der Waals surface area contributed by atoms with Crippen molar-refractivity contribution in [1.82, 2.24) is 0 Å². The van der Waals surface area contributed by atoms with E-state index in [1.54, 1.807) is 0 Å². The predicted molar refractivity (Wildman–Crippen MR) is 60.8 cm³/mol. The Morgan fingerprint density at radius 3 is 2.29 bits per heavy atom. The summed E-state index contributed by atoms with van der Waals surface area (Å²) in [7, 11) is 4.32. The molecule has 1 aromatic rings. The Balaban J connectivity index is 3.61. The van der Waals surface area contributed by atoms with Gasteiger partial charge < -0.3 is 19.3 Å². The normalized spacial score (nSPS) is 9.41. The topological polar surface area (TPSA) is 96.7 Å². The Hall–Kier alpha value is -2.11. The van der Waals surface area contributed by atoms with Gasteiger partial charge in [-0.2, -0.15) is 0 Å². The molecule has 1 N–H and O–H groups in total. The summed E-state index contributed by atoms with van der Waals surface area (Å²) in [5.41, 5.74) is 9.09. The second-order valence-electron chi connectivity index (χ2n) is 3.00. The van der Waals surface area contributed by atoms with E-state index >= 15 is 0 Å². The van der Waals surface area contributed by atoms with Crippen LogP contribution in [-0.4, -0.2) is 26.4 Å². The zero-order chi connectivity index (χ0) is 12.8. The van der Waals surface area contributed by atoms with Gasteiger partial charge in [-0.1, -0.05) is 5.11 Å². The van der Waals surface area contributed by atoms with Gasteiger partial charge in [0.25, 0.3) is 0 Å². The van der Waals surface area contributed by atoms with Crippen molar-refractivity contribution in [2.24, 2.45) is 5.11 Å². The van der Waals surface area contributed by atoms with Gasteiger partial charge in [-0.05, 0) is 17.2 Å². The summed E-state index contributed by atoms with van der Waals surface area (Å²) in [6.07, 6.45) is 0. The first kappa shape index (κ1) is 13.0. The van der Waals surface area contributed by atoms with Crippen LogP contribution in [0.1, 0.15) is 5.56 Å². The SMILES string of the molecule is COc1cc(CO)c(N=[N+]=[N-])c(OC)c1OC. The molecule has 0 aliphatic heterocycles. The van der Waals surface area contributed by atoms with Crippen molar-refractivity contribution in [2.45, 2.75) is 6.61 Å². The number of hydrogen-bond acceptors (Lipinski definition) is 5. The van der Waals surface area contributed by atoms with Crippen LogP contribution in [0, 0.1) is 0 Å². The minimum atomic E-state index is -0.301. The summed E-state index contributed by atoms with van der Waals surface area (Å²) in [6.45, 7) is -0.301. The summed E-state index contributed by atoms with van der Waals surface area (Å²) >= 11 is 0. The molecule has 92 valence electrons. The fraction of sp³-hybridized carbons (Fsp3) is 0.400. The second kappa shape index (κ2) is 5.83. The lowest BCUT2D eigenvalue weighted by atomic mass is 10.1.